The molecular weight excluding hydrogens is 332 g/mol. The first-order chi connectivity index (χ1) is 11.5. The van der Waals surface area contributed by atoms with Crippen LogP contribution >= 0.6 is 11.8 Å². The molecule has 0 radical (unpaired) electrons. The van der Waals surface area contributed by atoms with E-state index in [9.17, 15) is 13.6 Å². The molecule has 0 aliphatic rings. The minimum atomic E-state index is -0.542. The Labute approximate surface area is 142 Å². The van der Waals surface area contributed by atoms with E-state index < -0.39 is 11.6 Å². The molecule has 0 aliphatic carbocycles. The van der Waals surface area contributed by atoms with Gasteiger partial charge in [0.25, 0.3) is 0 Å². The van der Waals surface area contributed by atoms with Gasteiger partial charge in [-0.15, -0.1) is 11.8 Å². The third-order valence-electron chi connectivity index (χ3n) is 3.50. The molecule has 1 heterocycles. The molecule has 3 rings (SSSR count). The lowest BCUT2D eigenvalue weighted by Crippen LogP contribution is -2.27. The molecular formula is C18H15F2NO2S. The average molecular weight is 347 g/mol. The molecule has 0 fully saturated rings. The summed E-state index contributed by atoms with van der Waals surface area (Å²) in [5.74, 6) is -0.720. The summed E-state index contributed by atoms with van der Waals surface area (Å²) in [6, 6.07) is 12.3. The number of amides is 1. The highest BCUT2D eigenvalue weighted by molar-refractivity contribution is 8.00. The maximum Gasteiger partial charge on any atom is 0.230 e. The van der Waals surface area contributed by atoms with Crippen LogP contribution in [0.2, 0.25) is 0 Å². The number of halogens is 2. The largest absolute Gasteiger partial charge is 0.459 e. The Morgan fingerprint density at radius 3 is 2.79 bits per heavy atom. The minimum absolute atomic E-state index is 0.00899. The second-order valence-corrected chi connectivity index (χ2v) is 6.36. The Balaban J connectivity index is 1.60. The van der Waals surface area contributed by atoms with Crippen LogP contribution in [0.1, 0.15) is 18.7 Å². The van der Waals surface area contributed by atoms with Crippen molar-refractivity contribution in [2.75, 3.05) is 5.75 Å². The summed E-state index contributed by atoms with van der Waals surface area (Å²) in [5.41, 5.74) is 0.754. The number of furan rings is 1. The quantitative estimate of drug-likeness (QED) is 0.682. The van der Waals surface area contributed by atoms with Crippen molar-refractivity contribution >= 4 is 28.6 Å². The number of carbonyl (C=O) groups excluding carboxylic acids is 1. The first-order valence-electron chi connectivity index (χ1n) is 7.38. The molecule has 0 unspecified atom stereocenters. The lowest BCUT2D eigenvalue weighted by atomic mass is 10.2. The number of para-hydroxylation sites is 1. The van der Waals surface area contributed by atoms with Crippen LogP contribution in [0, 0.1) is 11.6 Å². The molecule has 124 valence electrons. The van der Waals surface area contributed by atoms with Crippen molar-refractivity contribution in [3.63, 3.8) is 0 Å². The van der Waals surface area contributed by atoms with Crippen LogP contribution in [0.15, 0.2) is 57.8 Å². The Bertz CT molecular complexity index is 845. The van der Waals surface area contributed by atoms with Gasteiger partial charge >= 0.3 is 0 Å². The van der Waals surface area contributed by atoms with E-state index >= 15 is 0 Å². The van der Waals surface area contributed by atoms with Gasteiger partial charge in [-0.05, 0) is 37.3 Å². The fourth-order valence-electron chi connectivity index (χ4n) is 2.30. The Kier molecular flexibility index (Phi) is 4.85. The lowest BCUT2D eigenvalue weighted by molar-refractivity contribution is -0.119. The van der Waals surface area contributed by atoms with Gasteiger partial charge in [0.1, 0.15) is 23.0 Å². The number of nitrogens with one attached hydrogen (secondary N) is 1. The lowest BCUT2D eigenvalue weighted by Gasteiger charge is -2.11. The van der Waals surface area contributed by atoms with E-state index in [0.29, 0.717) is 5.76 Å². The van der Waals surface area contributed by atoms with E-state index in [0.717, 1.165) is 40.9 Å². The van der Waals surface area contributed by atoms with Crippen LogP contribution in [-0.4, -0.2) is 11.7 Å². The SMILES string of the molecule is C[C@@H](NC(=O)CSc1cc(F)ccc1F)c1cc2ccccc2o1. The fourth-order valence-corrected chi connectivity index (χ4v) is 3.07. The zero-order valence-corrected chi connectivity index (χ0v) is 13.7. The third-order valence-corrected chi connectivity index (χ3v) is 4.53. The van der Waals surface area contributed by atoms with Gasteiger partial charge in [0.05, 0.1) is 11.8 Å². The van der Waals surface area contributed by atoms with Crippen LogP contribution in [0.4, 0.5) is 8.78 Å². The summed E-state index contributed by atoms with van der Waals surface area (Å²) in [6.45, 7) is 1.81. The molecule has 0 spiro atoms. The van der Waals surface area contributed by atoms with Crippen LogP contribution in [0.5, 0.6) is 0 Å². The van der Waals surface area contributed by atoms with Crippen molar-refractivity contribution < 1.29 is 18.0 Å². The van der Waals surface area contributed by atoms with E-state index in [1.807, 2.05) is 37.3 Å². The van der Waals surface area contributed by atoms with E-state index in [2.05, 4.69) is 5.32 Å². The summed E-state index contributed by atoms with van der Waals surface area (Å²) >= 11 is 0.954. The molecule has 2 aromatic carbocycles. The topological polar surface area (TPSA) is 42.2 Å². The van der Waals surface area contributed by atoms with Gasteiger partial charge in [0.15, 0.2) is 0 Å². The number of rotatable bonds is 5. The molecule has 24 heavy (non-hydrogen) atoms. The van der Waals surface area contributed by atoms with Gasteiger partial charge < -0.3 is 9.73 Å². The summed E-state index contributed by atoms with van der Waals surface area (Å²) in [6.07, 6.45) is 0. The molecule has 1 atom stereocenters. The molecule has 6 heteroatoms. The van der Waals surface area contributed by atoms with Crippen molar-refractivity contribution in [2.24, 2.45) is 0 Å². The Hall–Kier alpha value is -2.34. The summed E-state index contributed by atoms with van der Waals surface area (Å²) in [4.78, 5) is 12.1. The first-order valence-corrected chi connectivity index (χ1v) is 8.37. The maximum atomic E-state index is 13.5. The number of thioether (sulfide) groups is 1. The maximum absolute atomic E-state index is 13.5. The first kappa shape index (κ1) is 16.5. The molecule has 3 aromatic rings. The van der Waals surface area contributed by atoms with Crippen molar-refractivity contribution in [2.45, 2.75) is 17.9 Å². The number of benzene rings is 2. The van der Waals surface area contributed by atoms with Crippen molar-refractivity contribution in [3.8, 4) is 0 Å². The van der Waals surface area contributed by atoms with E-state index in [-0.39, 0.29) is 22.6 Å². The number of fused-ring (bicyclic) bond motifs is 1. The summed E-state index contributed by atoms with van der Waals surface area (Å²) in [5, 5.41) is 3.75. The normalized spacial score (nSPS) is 12.3. The molecule has 1 amide bonds. The van der Waals surface area contributed by atoms with Crippen molar-refractivity contribution in [1.82, 2.24) is 5.32 Å². The number of hydrogen-bond donors (Lipinski definition) is 1. The predicted molar refractivity (Wildman–Crippen MR) is 89.9 cm³/mol. The summed E-state index contributed by atoms with van der Waals surface area (Å²) in [7, 11) is 0. The van der Waals surface area contributed by atoms with Gasteiger partial charge in [-0.25, -0.2) is 8.78 Å². The molecule has 3 nitrogen and oxygen atoms in total. The molecule has 1 aromatic heterocycles. The smallest absolute Gasteiger partial charge is 0.230 e. The zero-order chi connectivity index (χ0) is 17.1. The second-order valence-electron chi connectivity index (χ2n) is 5.34. The van der Waals surface area contributed by atoms with E-state index in [1.165, 1.54) is 0 Å². The van der Waals surface area contributed by atoms with Gasteiger partial charge in [-0.1, -0.05) is 18.2 Å². The van der Waals surface area contributed by atoms with Crippen LogP contribution in [0.3, 0.4) is 0 Å². The van der Waals surface area contributed by atoms with Crippen molar-refractivity contribution in [3.05, 3.63) is 65.9 Å². The molecule has 0 saturated heterocycles. The Morgan fingerprint density at radius 1 is 1.21 bits per heavy atom. The average Bonchev–Trinajstić information content (AvgIpc) is 3.00. The monoisotopic (exact) mass is 347 g/mol. The van der Waals surface area contributed by atoms with Gasteiger partial charge in [0, 0.05) is 10.3 Å². The molecule has 0 aliphatic heterocycles. The fraction of sp³-hybridized carbons (Fsp3) is 0.167. The number of carbonyl (C=O) groups is 1. The highest BCUT2D eigenvalue weighted by Gasteiger charge is 2.15. The molecule has 0 saturated carbocycles. The van der Waals surface area contributed by atoms with Gasteiger partial charge in [-0.3, -0.25) is 4.79 Å². The van der Waals surface area contributed by atoms with E-state index in [1.54, 1.807) is 0 Å². The zero-order valence-electron chi connectivity index (χ0n) is 12.9. The van der Waals surface area contributed by atoms with Crippen molar-refractivity contribution in [1.29, 1.82) is 0 Å². The van der Waals surface area contributed by atoms with E-state index in [4.69, 9.17) is 4.42 Å². The van der Waals surface area contributed by atoms with Crippen LogP contribution < -0.4 is 5.32 Å². The molecule has 1 N–H and O–H groups in total. The van der Waals surface area contributed by atoms with Gasteiger partial charge in [0.2, 0.25) is 5.91 Å². The van der Waals surface area contributed by atoms with Crippen LogP contribution in [-0.2, 0) is 4.79 Å². The minimum Gasteiger partial charge on any atom is -0.459 e. The summed E-state index contributed by atoms with van der Waals surface area (Å²) < 4.78 is 32.3. The van der Waals surface area contributed by atoms with Crippen LogP contribution in [0.25, 0.3) is 11.0 Å². The third kappa shape index (κ3) is 3.76. The highest BCUT2D eigenvalue weighted by Crippen LogP contribution is 2.25. The predicted octanol–water partition coefficient (Wildman–Crippen LogP) is 4.68. The molecule has 0 bridgehead atoms. The highest BCUT2D eigenvalue weighted by atomic mass is 32.2. The van der Waals surface area contributed by atoms with Gasteiger partial charge in [-0.2, -0.15) is 0 Å². The second kappa shape index (κ2) is 7.05. The standard InChI is InChI=1S/C18H15F2NO2S/c1-11(16-8-12-4-2-3-5-15(12)23-16)21-18(22)10-24-17-9-13(19)6-7-14(17)20/h2-9,11H,10H2,1H3,(H,21,22)/t11-/m1/s1. The Morgan fingerprint density at radius 2 is 2.00 bits per heavy atom. The number of hydrogen-bond acceptors (Lipinski definition) is 3.